The maximum absolute atomic E-state index is 5.38. The fourth-order valence-corrected chi connectivity index (χ4v) is 1.64. The molecule has 0 aromatic carbocycles. The first-order valence-electron chi connectivity index (χ1n) is 9.81. The number of likely N-dealkylation sites (N-methyl/N-ethyl adjacent to an activating group) is 1. The fraction of sp³-hybridized carbons (Fsp3) is 1.00. The van der Waals surface area contributed by atoms with E-state index in [0.29, 0.717) is 0 Å². The van der Waals surface area contributed by atoms with Gasteiger partial charge in [0.05, 0.1) is 0 Å². The van der Waals surface area contributed by atoms with E-state index in [2.05, 4.69) is 16.0 Å². The Bertz CT molecular complexity index is 167. The molecule has 0 bridgehead atoms. The Kier molecular flexibility index (Phi) is 62.1. The minimum Gasteiger partial charge on any atom is -0.330 e. The quantitative estimate of drug-likeness (QED) is 0.165. The van der Waals surface area contributed by atoms with Crippen molar-refractivity contribution in [2.45, 2.75) is 53.4 Å². The maximum atomic E-state index is 5.38. The molecule has 0 aromatic rings. The van der Waals surface area contributed by atoms with E-state index >= 15 is 0 Å². The van der Waals surface area contributed by atoms with Crippen LogP contribution in [0.5, 0.6) is 0 Å². The first-order chi connectivity index (χ1) is 12.2. The van der Waals surface area contributed by atoms with Gasteiger partial charge in [-0.2, -0.15) is 0 Å². The third-order valence-corrected chi connectivity index (χ3v) is 3.13. The summed E-state index contributed by atoms with van der Waals surface area (Å²) < 4.78 is 0. The molecule has 13 N–H and O–H groups in total. The standard InChI is InChI=1S/C10H26N4.C4H12N2.C3H10N2.2CH4/c11-5-3-9-13-7-1-2-8-14-10-4-6-12;5-3-1-2-4-6;1-5-3-2-4;;/h13-14H,1-12H2;1-6H2;5H,2-4H2,1H3;2*1H4. The van der Waals surface area contributed by atoms with E-state index in [9.17, 15) is 0 Å². The van der Waals surface area contributed by atoms with E-state index in [4.69, 9.17) is 28.7 Å². The summed E-state index contributed by atoms with van der Waals surface area (Å²) in [6, 6.07) is 0. The second-order valence-electron chi connectivity index (χ2n) is 5.67. The summed E-state index contributed by atoms with van der Waals surface area (Å²) in [5, 5.41) is 9.61. The zero-order valence-electron chi connectivity index (χ0n) is 16.7. The first kappa shape index (κ1) is 37.4. The van der Waals surface area contributed by atoms with E-state index in [1.54, 1.807) is 0 Å². The van der Waals surface area contributed by atoms with Crippen molar-refractivity contribution >= 4 is 0 Å². The Morgan fingerprint density at radius 3 is 1.00 bits per heavy atom. The molecule has 0 heterocycles. The predicted molar refractivity (Wildman–Crippen MR) is 126 cm³/mol. The molecule has 0 unspecified atom stereocenters. The molecule has 0 amide bonds. The topological polar surface area (TPSA) is 166 Å². The highest BCUT2D eigenvalue weighted by Crippen LogP contribution is 1.85. The predicted octanol–water partition coefficient (Wildman–Crippen LogP) is -0.236. The summed E-state index contributed by atoms with van der Waals surface area (Å²) in [7, 11) is 1.88. The zero-order chi connectivity index (χ0) is 19.4. The number of nitrogens with two attached hydrogens (primary N) is 5. The highest BCUT2D eigenvalue weighted by atomic mass is 14.9. The van der Waals surface area contributed by atoms with Crippen LogP contribution in [0.4, 0.5) is 0 Å². The van der Waals surface area contributed by atoms with Crippen LogP contribution in [0.1, 0.15) is 53.4 Å². The van der Waals surface area contributed by atoms with Crippen LogP contribution in [0.25, 0.3) is 0 Å². The Morgan fingerprint density at radius 2 is 0.778 bits per heavy atom. The fourth-order valence-electron chi connectivity index (χ4n) is 1.64. The molecular formula is C19H56N8. The lowest BCUT2D eigenvalue weighted by Crippen LogP contribution is -2.22. The van der Waals surface area contributed by atoms with E-state index in [1.165, 1.54) is 12.8 Å². The average molecular weight is 397 g/mol. The first-order valence-corrected chi connectivity index (χ1v) is 9.81. The smallest absolute Gasteiger partial charge is 0.00714 e. The van der Waals surface area contributed by atoms with Gasteiger partial charge in [0, 0.05) is 13.1 Å². The molecule has 0 radical (unpaired) electrons. The number of nitrogens with one attached hydrogen (secondary N) is 3. The van der Waals surface area contributed by atoms with E-state index in [1.807, 2.05) is 7.05 Å². The molecule has 0 aromatic heterocycles. The molecule has 8 nitrogen and oxygen atoms in total. The third-order valence-electron chi connectivity index (χ3n) is 3.13. The Hall–Kier alpha value is -0.320. The third kappa shape index (κ3) is 58.6. The van der Waals surface area contributed by atoms with Gasteiger partial charge >= 0.3 is 0 Å². The van der Waals surface area contributed by atoms with E-state index in [0.717, 1.165) is 91.1 Å². The van der Waals surface area contributed by atoms with Gasteiger partial charge in [-0.1, -0.05) is 14.9 Å². The molecule has 0 fully saturated rings. The molecule has 0 atom stereocenters. The van der Waals surface area contributed by atoms with Crippen molar-refractivity contribution in [2.24, 2.45) is 28.7 Å². The summed E-state index contributed by atoms with van der Waals surface area (Å²) in [4.78, 5) is 0. The van der Waals surface area contributed by atoms with Gasteiger partial charge < -0.3 is 44.6 Å². The number of unbranched alkanes of at least 4 members (excludes halogenated alkanes) is 2. The van der Waals surface area contributed by atoms with Crippen LogP contribution >= 0.6 is 0 Å². The minimum atomic E-state index is 0. The van der Waals surface area contributed by atoms with Gasteiger partial charge in [0.15, 0.2) is 0 Å². The molecule has 0 aliphatic heterocycles. The molecule has 27 heavy (non-hydrogen) atoms. The molecular weight excluding hydrogens is 340 g/mol. The van der Waals surface area contributed by atoms with Crippen LogP contribution in [-0.2, 0) is 0 Å². The van der Waals surface area contributed by atoms with Crippen molar-refractivity contribution in [1.29, 1.82) is 0 Å². The molecule has 8 heteroatoms. The molecule has 0 saturated heterocycles. The molecule has 0 rings (SSSR count). The highest BCUT2D eigenvalue weighted by Gasteiger charge is 1.89. The van der Waals surface area contributed by atoms with Gasteiger partial charge in [-0.3, -0.25) is 0 Å². The minimum absolute atomic E-state index is 0. The van der Waals surface area contributed by atoms with E-state index in [-0.39, 0.29) is 14.9 Å². The second kappa shape index (κ2) is 44.8. The van der Waals surface area contributed by atoms with Crippen molar-refractivity contribution in [3.63, 3.8) is 0 Å². The van der Waals surface area contributed by atoms with Crippen molar-refractivity contribution in [1.82, 2.24) is 16.0 Å². The lowest BCUT2D eigenvalue weighted by atomic mass is 10.3. The lowest BCUT2D eigenvalue weighted by Gasteiger charge is -2.04. The van der Waals surface area contributed by atoms with Crippen molar-refractivity contribution in [3.05, 3.63) is 0 Å². The number of hydrogen-bond acceptors (Lipinski definition) is 8. The normalized spacial score (nSPS) is 9.11. The summed E-state index contributed by atoms with van der Waals surface area (Å²) in [5.74, 6) is 0. The monoisotopic (exact) mass is 396 g/mol. The number of rotatable bonds is 16. The van der Waals surface area contributed by atoms with Crippen LogP contribution in [0.2, 0.25) is 0 Å². The van der Waals surface area contributed by atoms with Gasteiger partial charge in [0.25, 0.3) is 0 Å². The van der Waals surface area contributed by atoms with Gasteiger partial charge in [-0.25, -0.2) is 0 Å². The van der Waals surface area contributed by atoms with Gasteiger partial charge in [0.1, 0.15) is 0 Å². The number of hydrogen-bond donors (Lipinski definition) is 8. The van der Waals surface area contributed by atoms with Gasteiger partial charge in [0.2, 0.25) is 0 Å². The highest BCUT2D eigenvalue weighted by molar-refractivity contribution is 4.52. The molecule has 0 spiro atoms. The summed E-state index contributed by atoms with van der Waals surface area (Å²) >= 11 is 0. The average Bonchev–Trinajstić information content (AvgIpc) is 2.63. The van der Waals surface area contributed by atoms with Crippen molar-refractivity contribution < 1.29 is 0 Å². The summed E-state index contributed by atoms with van der Waals surface area (Å²) in [6.45, 7) is 9.09. The van der Waals surface area contributed by atoms with Crippen molar-refractivity contribution in [2.75, 3.05) is 72.5 Å². The maximum Gasteiger partial charge on any atom is 0.00714 e. The SMILES string of the molecule is C.C.CNCCN.NCCCCN.NCCCNCCCCNCCCN. The molecule has 0 saturated carbocycles. The van der Waals surface area contributed by atoms with Crippen LogP contribution in [0.15, 0.2) is 0 Å². The van der Waals surface area contributed by atoms with Crippen LogP contribution in [0, 0.1) is 0 Å². The van der Waals surface area contributed by atoms with Gasteiger partial charge in [-0.15, -0.1) is 0 Å². The zero-order valence-corrected chi connectivity index (χ0v) is 16.7. The molecule has 172 valence electrons. The summed E-state index contributed by atoms with van der Waals surface area (Å²) in [5.41, 5.74) is 26.1. The molecule has 0 aliphatic carbocycles. The molecule has 0 aliphatic rings. The van der Waals surface area contributed by atoms with Crippen LogP contribution < -0.4 is 44.6 Å². The van der Waals surface area contributed by atoms with Gasteiger partial charge in [-0.05, 0) is 97.9 Å². The van der Waals surface area contributed by atoms with E-state index < -0.39 is 0 Å². The largest absolute Gasteiger partial charge is 0.330 e. The Balaban J connectivity index is -0.000000104. The lowest BCUT2D eigenvalue weighted by molar-refractivity contribution is 0.570. The van der Waals surface area contributed by atoms with Crippen LogP contribution in [0.3, 0.4) is 0 Å². The van der Waals surface area contributed by atoms with Crippen LogP contribution in [-0.4, -0.2) is 72.5 Å². The Labute approximate surface area is 171 Å². The Morgan fingerprint density at radius 1 is 0.444 bits per heavy atom. The summed E-state index contributed by atoms with van der Waals surface area (Å²) in [6.07, 6.45) is 6.76. The second-order valence-corrected chi connectivity index (χ2v) is 5.67. The van der Waals surface area contributed by atoms with Crippen molar-refractivity contribution in [3.8, 4) is 0 Å².